The zero-order valence-electron chi connectivity index (χ0n) is 6.51. The van der Waals surface area contributed by atoms with Gasteiger partial charge in [-0.25, -0.2) is 0 Å². The molecule has 0 fully saturated rings. The third-order valence-electron chi connectivity index (χ3n) is 1.34. The van der Waals surface area contributed by atoms with Crippen molar-refractivity contribution in [2.24, 2.45) is 0 Å². The van der Waals surface area contributed by atoms with E-state index in [9.17, 15) is 0 Å². The van der Waals surface area contributed by atoms with Crippen LogP contribution >= 0.6 is 34.4 Å². The maximum atomic E-state index is 2.40. The van der Waals surface area contributed by atoms with Crippen LogP contribution in [0.15, 0.2) is 29.2 Å². The summed E-state index contributed by atoms with van der Waals surface area (Å²) in [6.45, 7) is 2.13. The summed E-state index contributed by atoms with van der Waals surface area (Å²) in [5, 5.41) is 0. The van der Waals surface area contributed by atoms with Crippen molar-refractivity contribution in [1.82, 2.24) is 0 Å². The summed E-state index contributed by atoms with van der Waals surface area (Å²) in [5.41, 5.74) is 1.35. The molecule has 0 spiro atoms. The molecule has 11 heavy (non-hydrogen) atoms. The van der Waals surface area contributed by atoms with Gasteiger partial charge in [0, 0.05) is 15.1 Å². The van der Waals surface area contributed by atoms with Crippen LogP contribution < -0.4 is 0 Å². The van der Waals surface area contributed by atoms with E-state index in [1.54, 1.807) is 0 Å². The third-order valence-corrected chi connectivity index (χ3v) is 3.60. The molecule has 0 bridgehead atoms. The lowest BCUT2D eigenvalue weighted by atomic mass is 10.2. The minimum absolute atomic E-state index is 1.21. The van der Waals surface area contributed by atoms with E-state index >= 15 is 0 Å². The van der Waals surface area contributed by atoms with Gasteiger partial charge in [-0.1, -0.05) is 40.3 Å². The summed E-state index contributed by atoms with van der Waals surface area (Å²) in [5.74, 6) is 1.21. The van der Waals surface area contributed by atoms with Crippen LogP contribution in [0, 0.1) is 6.92 Å². The highest BCUT2D eigenvalue weighted by Gasteiger charge is 1.91. The highest BCUT2D eigenvalue weighted by Crippen LogP contribution is 2.18. The Morgan fingerprint density at radius 1 is 1.45 bits per heavy atom. The van der Waals surface area contributed by atoms with Crippen molar-refractivity contribution in [3.63, 3.8) is 0 Å². The van der Waals surface area contributed by atoms with Gasteiger partial charge in [0.25, 0.3) is 0 Å². The average Bonchev–Trinajstić information content (AvgIpc) is 2.01. The van der Waals surface area contributed by atoms with Crippen LogP contribution in [0.1, 0.15) is 5.56 Å². The fraction of sp³-hybridized carbons (Fsp3) is 0.333. The van der Waals surface area contributed by atoms with E-state index in [0.29, 0.717) is 0 Å². The number of benzene rings is 1. The number of thioether (sulfide) groups is 1. The standard InChI is InChI=1S/C9H11IS/c1-8-3-2-4-9(7-8)11-6-5-10/h2-4,7H,5-6H2,1H3. The number of rotatable bonds is 3. The molecule has 60 valence electrons. The molecule has 0 aliphatic rings. The van der Waals surface area contributed by atoms with E-state index in [0.717, 1.165) is 0 Å². The molecule has 0 amide bonds. The first-order valence-corrected chi connectivity index (χ1v) is 6.09. The van der Waals surface area contributed by atoms with Gasteiger partial charge in [-0.05, 0) is 19.1 Å². The van der Waals surface area contributed by atoms with Crippen LogP contribution in [0.25, 0.3) is 0 Å². The molecular weight excluding hydrogens is 267 g/mol. The number of alkyl halides is 1. The Kier molecular flexibility index (Phi) is 4.30. The quantitative estimate of drug-likeness (QED) is 0.463. The Morgan fingerprint density at radius 3 is 2.91 bits per heavy atom. The molecule has 0 heterocycles. The first-order chi connectivity index (χ1) is 5.33. The zero-order valence-corrected chi connectivity index (χ0v) is 9.48. The molecule has 0 aliphatic carbocycles. The summed E-state index contributed by atoms with van der Waals surface area (Å²) in [7, 11) is 0. The second kappa shape index (κ2) is 5.04. The summed E-state index contributed by atoms with van der Waals surface area (Å²) < 4.78 is 1.22. The number of hydrogen-bond acceptors (Lipinski definition) is 1. The predicted molar refractivity (Wildman–Crippen MR) is 60.8 cm³/mol. The predicted octanol–water partition coefficient (Wildman–Crippen LogP) is 3.52. The lowest BCUT2D eigenvalue weighted by Crippen LogP contribution is -1.79. The average molecular weight is 278 g/mol. The van der Waals surface area contributed by atoms with Crippen molar-refractivity contribution in [3.8, 4) is 0 Å². The van der Waals surface area contributed by atoms with Gasteiger partial charge in [0.1, 0.15) is 0 Å². The molecule has 1 aromatic carbocycles. The van der Waals surface area contributed by atoms with Gasteiger partial charge < -0.3 is 0 Å². The Hall–Kier alpha value is 0.300. The van der Waals surface area contributed by atoms with Gasteiger partial charge in [0.05, 0.1) is 0 Å². The second-order valence-electron chi connectivity index (χ2n) is 2.35. The van der Waals surface area contributed by atoms with E-state index in [-0.39, 0.29) is 0 Å². The topological polar surface area (TPSA) is 0 Å². The van der Waals surface area contributed by atoms with Crippen LogP contribution in [0.5, 0.6) is 0 Å². The van der Waals surface area contributed by atoms with Gasteiger partial charge in [-0.15, -0.1) is 11.8 Å². The van der Waals surface area contributed by atoms with Crippen molar-refractivity contribution in [2.45, 2.75) is 11.8 Å². The molecule has 0 saturated heterocycles. The maximum Gasteiger partial charge on any atom is 0.00898 e. The molecule has 2 heteroatoms. The van der Waals surface area contributed by atoms with Crippen molar-refractivity contribution in [2.75, 3.05) is 10.2 Å². The van der Waals surface area contributed by atoms with Crippen molar-refractivity contribution < 1.29 is 0 Å². The van der Waals surface area contributed by atoms with Crippen LogP contribution in [0.2, 0.25) is 0 Å². The maximum absolute atomic E-state index is 2.40. The largest absolute Gasteiger partial charge is 0.125 e. The molecule has 0 aromatic heterocycles. The van der Waals surface area contributed by atoms with E-state index < -0.39 is 0 Å². The van der Waals surface area contributed by atoms with Crippen LogP contribution in [0.3, 0.4) is 0 Å². The van der Waals surface area contributed by atoms with Gasteiger partial charge in [-0.3, -0.25) is 0 Å². The van der Waals surface area contributed by atoms with E-state index in [1.807, 2.05) is 11.8 Å². The Morgan fingerprint density at radius 2 is 2.27 bits per heavy atom. The van der Waals surface area contributed by atoms with Crippen LogP contribution in [0.4, 0.5) is 0 Å². The molecule has 1 rings (SSSR count). The zero-order chi connectivity index (χ0) is 8.10. The van der Waals surface area contributed by atoms with E-state index in [1.165, 1.54) is 20.6 Å². The molecule has 0 N–H and O–H groups in total. The lowest BCUT2D eigenvalue weighted by molar-refractivity contribution is 1.36. The Balaban J connectivity index is 2.56. The minimum atomic E-state index is 1.21. The van der Waals surface area contributed by atoms with Crippen molar-refractivity contribution in [1.29, 1.82) is 0 Å². The SMILES string of the molecule is Cc1cccc(SCCI)c1. The fourth-order valence-corrected chi connectivity index (χ4v) is 2.28. The molecule has 0 aliphatic heterocycles. The molecule has 0 nitrogen and oxygen atoms in total. The van der Waals surface area contributed by atoms with E-state index in [4.69, 9.17) is 0 Å². The highest BCUT2D eigenvalue weighted by atomic mass is 127. The van der Waals surface area contributed by atoms with Crippen molar-refractivity contribution in [3.05, 3.63) is 29.8 Å². The summed E-state index contributed by atoms with van der Waals surface area (Å²) in [6, 6.07) is 8.65. The highest BCUT2D eigenvalue weighted by molar-refractivity contribution is 14.1. The van der Waals surface area contributed by atoms with Crippen LogP contribution in [-0.4, -0.2) is 10.2 Å². The molecule has 0 radical (unpaired) electrons. The monoisotopic (exact) mass is 278 g/mol. The molecule has 1 aromatic rings. The van der Waals surface area contributed by atoms with Gasteiger partial charge in [0.15, 0.2) is 0 Å². The number of hydrogen-bond donors (Lipinski definition) is 0. The summed E-state index contributed by atoms with van der Waals surface area (Å²) in [4.78, 5) is 1.39. The lowest BCUT2D eigenvalue weighted by Gasteiger charge is -1.99. The third kappa shape index (κ3) is 3.47. The van der Waals surface area contributed by atoms with Crippen LogP contribution in [-0.2, 0) is 0 Å². The first-order valence-electron chi connectivity index (χ1n) is 3.58. The number of halogens is 1. The molecule has 0 unspecified atom stereocenters. The van der Waals surface area contributed by atoms with E-state index in [2.05, 4.69) is 53.8 Å². The molecule has 0 atom stereocenters. The fourth-order valence-electron chi connectivity index (χ4n) is 0.862. The normalized spacial score (nSPS) is 10.0. The number of aryl methyl sites for hydroxylation is 1. The Bertz CT molecular complexity index is 223. The summed E-state index contributed by atoms with van der Waals surface area (Å²) in [6.07, 6.45) is 0. The van der Waals surface area contributed by atoms with Gasteiger partial charge in [0.2, 0.25) is 0 Å². The Labute approximate surface area is 85.9 Å². The first kappa shape index (κ1) is 9.39. The smallest absolute Gasteiger partial charge is 0.00898 e. The second-order valence-corrected chi connectivity index (χ2v) is 4.60. The van der Waals surface area contributed by atoms with Crippen molar-refractivity contribution >= 4 is 34.4 Å². The van der Waals surface area contributed by atoms with Gasteiger partial charge >= 0.3 is 0 Å². The summed E-state index contributed by atoms with van der Waals surface area (Å²) >= 11 is 4.33. The minimum Gasteiger partial charge on any atom is -0.125 e. The molecule has 0 saturated carbocycles. The molecular formula is C9H11IS. The van der Waals surface area contributed by atoms with Gasteiger partial charge in [-0.2, -0.15) is 0 Å².